The quantitative estimate of drug-likeness (QED) is 0.466. The number of nitrogens with one attached hydrogen (secondary N) is 1. The molecule has 0 radical (unpaired) electrons. The van der Waals surface area contributed by atoms with Crippen LogP contribution >= 0.6 is 50.1 Å². The van der Waals surface area contributed by atoms with Crippen LogP contribution in [0, 0.1) is 16.3 Å². The average molecular weight is 469 g/mol. The second-order valence-electron chi connectivity index (χ2n) is 4.49. The molecule has 1 unspecified atom stereocenters. The van der Waals surface area contributed by atoms with Crippen molar-refractivity contribution in [1.82, 2.24) is 5.32 Å². The molecule has 0 aromatic heterocycles. The van der Waals surface area contributed by atoms with Crippen molar-refractivity contribution in [2.75, 3.05) is 7.05 Å². The van der Waals surface area contributed by atoms with Crippen LogP contribution in [-0.2, 0) is 0 Å². The van der Waals surface area contributed by atoms with E-state index >= 15 is 0 Å². The largest absolute Gasteiger partial charge is 0.309 e. The van der Waals surface area contributed by atoms with E-state index in [0.29, 0.717) is 15.1 Å². The van der Waals surface area contributed by atoms with Gasteiger partial charge in [0, 0.05) is 13.6 Å². The maximum atomic E-state index is 14.3. The highest BCUT2D eigenvalue weighted by atomic mass is 127. The van der Waals surface area contributed by atoms with Gasteiger partial charge in [-0.25, -0.2) is 4.39 Å². The Morgan fingerprint density at radius 1 is 1.30 bits per heavy atom. The zero-order valence-corrected chi connectivity index (χ0v) is 15.5. The zero-order chi connectivity index (χ0) is 14.9. The van der Waals surface area contributed by atoms with Crippen LogP contribution in [-0.4, -0.2) is 7.05 Å². The van der Waals surface area contributed by atoms with Crippen molar-refractivity contribution in [1.29, 1.82) is 0 Å². The van der Waals surface area contributed by atoms with Crippen LogP contribution in [0.4, 0.5) is 4.39 Å². The van der Waals surface area contributed by atoms with Crippen LogP contribution in [0.5, 0.6) is 0 Å². The Balaban J connectivity index is 2.58. The van der Waals surface area contributed by atoms with Crippen molar-refractivity contribution in [2.45, 2.75) is 13.0 Å². The third-order valence-electron chi connectivity index (χ3n) is 3.17. The van der Waals surface area contributed by atoms with Gasteiger partial charge in [-0.15, -0.1) is 0 Å². The van der Waals surface area contributed by atoms with E-state index in [4.69, 9.17) is 11.6 Å². The molecule has 0 aliphatic carbocycles. The van der Waals surface area contributed by atoms with Crippen LogP contribution < -0.4 is 5.32 Å². The molecule has 1 nitrogen and oxygen atoms in total. The fourth-order valence-electron chi connectivity index (χ4n) is 2.13. The average Bonchev–Trinajstić information content (AvgIpc) is 2.41. The molecule has 0 spiro atoms. The lowest BCUT2D eigenvalue weighted by molar-refractivity contribution is 0.574. The number of rotatable bonds is 3. The Hall–Kier alpha value is -0.170. The van der Waals surface area contributed by atoms with Gasteiger partial charge in [0.2, 0.25) is 0 Å². The van der Waals surface area contributed by atoms with E-state index in [1.165, 1.54) is 11.6 Å². The van der Waals surface area contributed by atoms with E-state index in [0.717, 1.165) is 9.13 Å². The lowest BCUT2D eigenvalue weighted by atomic mass is 9.97. The number of aryl methyl sites for hydroxylation is 1. The Labute approximate surface area is 145 Å². The molecule has 20 heavy (non-hydrogen) atoms. The first kappa shape index (κ1) is 16.2. The standard InChI is InChI=1S/C15H13BrClFIN/c1-8-4-3-5-9(14(8)19)15(20-2)10-6-12(17)11(16)7-13(10)18/h3-7,15,20H,1-2H3. The van der Waals surface area contributed by atoms with E-state index < -0.39 is 0 Å². The molecule has 5 heteroatoms. The van der Waals surface area contributed by atoms with Crippen LogP contribution in [0.25, 0.3) is 0 Å². The molecule has 2 aromatic carbocycles. The van der Waals surface area contributed by atoms with Gasteiger partial charge < -0.3 is 5.32 Å². The Morgan fingerprint density at radius 2 is 2.00 bits per heavy atom. The van der Waals surface area contributed by atoms with Gasteiger partial charge in [0.05, 0.1) is 11.1 Å². The van der Waals surface area contributed by atoms with E-state index in [2.05, 4.69) is 43.8 Å². The fourth-order valence-corrected chi connectivity index (χ4v) is 3.29. The van der Waals surface area contributed by atoms with Gasteiger partial charge in [-0.2, -0.15) is 0 Å². The SMILES string of the molecule is CNC(c1cc(Cl)c(Br)cc1F)c1cccc(C)c1I. The normalized spacial score (nSPS) is 12.5. The molecule has 0 fully saturated rings. The van der Waals surface area contributed by atoms with Crippen molar-refractivity contribution >= 4 is 50.1 Å². The number of hydrogen-bond donors (Lipinski definition) is 1. The summed E-state index contributed by atoms with van der Waals surface area (Å²) in [5, 5.41) is 3.68. The molecule has 2 rings (SSSR count). The van der Waals surface area contributed by atoms with Crippen molar-refractivity contribution < 1.29 is 4.39 Å². The lowest BCUT2D eigenvalue weighted by Crippen LogP contribution is -2.20. The summed E-state index contributed by atoms with van der Waals surface area (Å²) >= 11 is 11.6. The van der Waals surface area contributed by atoms with Gasteiger partial charge in [-0.1, -0.05) is 29.8 Å². The predicted octanol–water partition coefficient (Wildman–Crippen LogP) is 5.46. The molecular formula is C15H13BrClFIN. The first-order chi connectivity index (χ1) is 9.45. The second kappa shape index (κ2) is 6.73. The highest BCUT2D eigenvalue weighted by molar-refractivity contribution is 14.1. The molecule has 0 aliphatic heterocycles. The summed E-state index contributed by atoms with van der Waals surface area (Å²) in [4.78, 5) is 0. The maximum Gasteiger partial charge on any atom is 0.129 e. The summed E-state index contributed by atoms with van der Waals surface area (Å²) in [6, 6.07) is 8.88. The van der Waals surface area contributed by atoms with Gasteiger partial charge in [0.15, 0.2) is 0 Å². The van der Waals surface area contributed by atoms with Gasteiger partial charge in [-0.3, -0.25) is 0 Å². The van der Waals surface area contributed by atoms with Crippen molar-refractivity contribution in [3.8, 4) is 0 Å². The number of benzene rings is 2. The maximum absolute atomic E-state index is 14.3. The van der Waals surface area contributed by atoms with Gasteiger partial charge in [0.1, 0.15) is 5.82 Å². The lowest BCUT2D eigenvalue weighted by Gasteiger charge is -2.21. The van der Waals surface area contributed by atoms with Crippen LogP contribution in [0.3, 0.4) is 0 Å². The fraction of sp³-hybridized carbons (Fsp3) is 0.200. The smallest absolute Gasteiger partial charge is 0.129 e. The summed E-state index contributed by atoms with van der Waals surface area (Å²) in [5.74, 6) is -0.280. The Morgan fingerprint density at radius 3 is 2.65 bits per heavy atom. The van der Waals surface area contributed by atoms with E-state index in [1.54, 1.807) is 6.07 Å². The Kier molecular flexibility index (Phi) is 5.45. The molecule has 2 aromatic rings. The molecule has 0 aliphatic rings. The molecule has 0 amide bonds. The summed E-state index contributed by atoms with van der Waals surface area (Å²) in [6.45, 7) is 2.04. The first-order valence-electron chi connectivity index (χ1n) is 6.02. The summed E-state index contributed by atoms with van der Waals surface area (Å²) < 4.78 is 15.9. The van der Waals surface area contributed by atoms with Gasteiger partial charge in [0.25, 0.3) is 0 Å². The van der Waals surface area contributed by atoms with Crippen molar-refractivity contribution in [3.63, 3.8) is 0 Å². The molecule has 1 N–H and O–H groups in total. The highest BCUT2D eigenvalue weighted by Gasteiger charge is 2.20. The summed E-state index contributed by atoms with van der Waals surface area (Å²) in [5.41, 5.74) is 2.77. The zero-order valence-electron chi connectivity index (χ0n) is 11.0. The van der Waals surface area contributed by atoms with E-state index in [1.807, 2.05) is 32.2 Å². The molecule has 0 saturated heterocycles. The van der Waals surface area contributed by atoms with Crippen LogP contribution in [0.2, 0.25) is 5.02 Å². The molecule has 106 valence electrons. The second-order valence-corrected chi connectivity index (χ2v) is 6.83. The summed E-state index contributed by atoms with van der Waals surface area (Å²) in [6.07, 6.45) is 0. The minimum atomic E-state index is -0.280. The monoisotopic (exact) mass is 467 g/mol. The van der Waals surface area contributed by atoms with Gasteiger partial charge >= 0.3 is 0 Å². The van der Waals surface area contributed by atoms with Crippen LogP contribution in [0.1, 0.15) is 22.7 Å². The minimum Gasteiger partial charge on any atom is -0.309 e. The molecule has 0 heterocycles. The molecule has 0 bridgehead atoms. The summed E-state index contributed by atoms with van der Waals surface area (Å²) in [7, 11) is 1.82. The van der Waals surface area contributed by atoms with Crippen molar-refractivity contribution in [3.05, 3.63) is 65.9 Å². The van der Waals surface area contributed by atoms with E-state index in [-0.39, 0.29) is 11.9 Å². The number of halogens is 4. The Bertz CT molecular complexity index is 648. The van der Waals surface area contributed by atoms with Gasteiger partial charge in [-0.05, 0) is 75.8 Å². The first-order valence-corrected chi connectivity index (χ1v) is 8.27. The highest BCUT2D eigenvalue weighted by Crippen LogP contribution is 2.33. The van der Waals surface area contributed by atoms with E-state index in [9.17, 15) is 4.39 Å². The molecule has 1 atom stereocenters. The molecule has 0 saturated carbocycles. The minimum absolute atomic E-state index is 0.229. The molecular weight excluding hydrogens is 455 g/mol. The third-order valence-corrected chi connectivity index (χ3v) is 5.84. The number of hydrogen-bond acceptors (Lipinski definition) is 1. The topological polar surface area (TPSA) is 12.0 Å². The van der Waals surface area contributed by atoms with Crippen LogP contribution in [0.15, 0.2) is 34.8 Å². The predicted molar refractivity (Wildman–Crippen MR) is 93.9 cm³/mol. The van der Waals surface area contributed by atoms with Crippen molar-refractivity contribution in [2.24, 2.45) is 0 Å². The third kappa shape index (κ3) is 3.18.